The van der Waals surface area contributed by atoms with Crippen molar-refractivity contribution >= 4 is 29.1 Å². The average molecular weight is 401 g/mol. The van der Waals surface area contributed by atoms with Gasteiger partial charge in [-0.1, -0.05) is 35.3 Å². The van der Waals surface area contributed by atoms with Crippen LogP contribution in [0, 0.1) is 0 Å². The fraction of sp³-hybridized carbons (Fsp3) is 0.150. The first-order valence-electron chi connectivity index (χ1n) is 8.30. The Labute approximate surface area is 167 Å². The van der Waals surface area contributed by atoms with Crippen molar-refractivity contribution in [1.29, 1.82) is 0 Å². The molecule has 0 aliphatic heterocycles. The van der Waals surface area contributed by atoms with Gasteiger partial charge in [0.25, 0.3) is 0 Å². The molecule has 0 saturated heterocycles. The van der Waals surface area contributed by atoms with Crippen LogP contribution in [0.25, 0.3) is 0 Å². The van der Waals surface area contributed by atoms with Gasteiger partial charge in [0.15, 0.2) is 0 Å². The minimum atomic E-state index is -1.30. The van der Waals surface area contributed by atoms with E-state index in [2.05, 4.69) is 15.3 Å². The van der Waals surface area contributed by atoms with Crippen molar-refractivity contribution < 1.29 is 4.79 Å². The molecular formula is C20H18Cl2N4O. The molecule has 0 bridgehead atoms. The van der Waals surface area contributed by atoms with Gasteiger partial charge in [-0.25, -0.2) is 0 Å². The molecule has 0 radical (unpaired) electrons. The van der Waals surface area contributed by atoms with Crippen molar-refractivity contribution in [2.45, 2.75) is 18.5 Å². The molecule has 0 aliphatic rings. The minimum absolute atomic E-state index is 0.272. The third-order valence-corrected chi connectivity index (χ3v) is 4.98. The van der Waals surface area contributed by atoms with Crippen LogP contribution < -0.4 is 11.1 Å². The maximum atomic E-state index is 12.8. The lowest BCUT2D eigenvalue weighted by Gasteiger charge is -2.34. The summed E-state index contributed by atoms with van der Waals surface area (Å²) in [5.41, 5.74) is 6.84. The molecule has 3 rings (SSSR count). The van der Waals surface area contributed by atoms with E-state index >= 15 is 0 Å². The number of carbonyl (C=O) groups excluding carboxylic acids is 1. The van der Waals surface area contributed by atoms with Crippen molar-refractivity contribution in [1.82, 2.24) is 15.3 Å². The third-order valence-electron chi connectivity index (χ3n) is 4.35. The molecule has 7 heteroatoms. The van der Waals surface area contributed by atoms with Gasteiger partial charge in [-0.2, -0.15) is 0 Å². The number of nitrogens with one attached hydrogen (secondary N) is 1. The first-order chi connectivity index (χ1) is 13.0. The molecule has 1 aromatic carbocycles. The van der Waals surface area contributed by atoms with Crippen LogP contribution in [-0.4, -0.2) is 15.9 Å². The fourth-order valence-electron chi connectivity index (χ4n) is 3.00. The molecule has 0 fully saturated rings. The number of nitrogens with two attached hydrogens (primary N) is 1. The van der Waals surface area contributed by atoms with Crippen LogP contribution in [0.15, 0.2) is 67.3 Å². The van der Waals surface area contributed by atoms with Crippen LogP contribution in [0.5, 0.6) is 0 Å². The molecule has 0 spiro atoms. The van der Waals surface area contributed by atoms with E-state index in [-0.39, 0.29) is 6.42 Å². The van der Waals surface area contributed by atoms with Gasteiger partial charge in [-0.15, -0.1) is 0 Å². The molecule has 1 atom stereocenters. The maximum Gasteiger partial charge on any atom is 0.242 e. The number of benzene rings is 1. The first-order valence-corrected chi connectivity index (χ1v) is 9.06. The second-order valence-electron chi connectivity index (χ2n) is 6.11. The van der Waals surface area contributed by atoms with Gasteiger partial charge in [0, 0.05) is 53.4 Å². The van der Waals surface area contributed by atoms with Crippen LogP contribution in [0.1, 0.15) is 16.7 Å². The molecule has 138 valence electrons. The topological polar surface area (TPSA) is 80.9 Å². The lowest BCUT2D eigenvalue weighted by Crippen LogP contribution is -2.54. The lowest BCUT2D eigenvalue weighted by atomic mass is 9.82. The number of pyridine rings is 2. The zero-order valence-electron chi connectivity index (χ0n) is 14.4. The summed E-state index contributed by atoms with van der Waals surface area (Å²) in [4.78, 5) is 20.9. The van der Waals surface area contributed by atoms with E-state index in [1.807, 2.05) is 24.3 Å². The highest BCUT2D eigenvalue weighted by atomic mass is 35.5. The number of carbonyl (C=O) groups is 1. The number of primary amides is 1. The Morgan fingerprint density at radius 1 is 0.963 bits per heavy atom. The van der Waals surface area contributed by atoms with Crippen LogP contribution in [0.3, 0.4) is 0 Å². The zero-order chi connectivity index (χ0) is 19.3. The quantitative estimate of drug-likeness (QED) is 0.635. The Balaban J connectivity index is 2.09. The predicted molar refractivity (Wildman–Crippen MR) is 106 cm³/mol. The van der Waals surface area contributed by atoms with E-state index in [1.165, 1.54) is 0 Å². The van der Waals surface area contributed by atoms with Gasteiger partial charge in [-0.3, -0.25) is 20.1 Å². The molecule has 3 N–H and O–H groups in total. The SMILES string of the molecule is NC(=O)C(Cc1ccncc1)(NCc1cccnc1)c1c(Cl)cccc1Cl. The zero-order valence-corrected chi connectivity index (χ0v) is 15.9. The second-order valence-corrected chi connectivity index (χ2v) is 6.93. The number of halogens is 2. The van der Waals surface area contributed by atoms with E-state index in [0.29, 0.717) is 22.2 Å². The molecule has 3 aromatic rings. The van der Waals surface area contributed by atoms with E-state index in [0.717, 1.165) is 11.1 Å². The summed E-state index contributed by atoms with van der Waals surface area (Å²) in [6, 6.07) is 12.5. The van der Waals surface area contributed by atoms with Crippen LogP contribution in [-0.2, 0) is 23.3 Å². The molecule has 1 amide bonds. The monoisotopic (exact) mass is 400 g/mol. The molecular weight excluding hydrogens is 383 g/mol. The molecule has 2 aromatic heterocycles. The Morgan fingerprint density at radius 3 is 2.26 bits per heavy atom. The van der Waals surface area contributed by atoms with Crippen LogP contribution >= 0.6 is 23.2 Å². The predicted octanol–water partition coefficient (Wildman–Crippen LogP) is 3.50. The van der Waals surface area contributed by atoms with E-state index in [4.69, 9.17) is 28.9 Å². The van der Waals surface area contributed by atoms with Crippen molar-refractivity contribution in [3.05, 3.63) is 94.0 Å². The van der Waals surface area contributed by atoms with Gasteiger partial charge in [0.05, 0.1) is 0 Å². The molecule has 5 nitrogen and oxygen atoms in total. The Hall–Kier alpha value is -2.47. The number of hydrogen-bond donors (Lipinski definition) is 2. The van der Waals surface area contributed by atoms with Gasteiger partial charge in [0.2, 0.25) is 5.91 Å². The first kappa shape index (κ1) is 19.3. The number of hydrogen-bond acceptors (Lipinski definition) is 4. The standard InChI is InChI=1S/C20H18Cl2N4O/c21-16-4-1-5-17(22)18(16)20(19(23)27,11-14-6-9-24-10-7-14)26-13-15-3-2-8-25-12-15/h1-10,12,26H,11,13H2,(H2,23,27). The highest BCUT2D eigenvalue weighted by molar-refractivity contribution is 6.36. The summed E-state index contributed by atoms with van der Waals surface area (Å²) in [5.74, 6) is -0.571. The normalized spacial score (nSPS) is 13.1. The molecule has 1 unspecified atom stereocenters. The van der Waals surface area contributed by atoms with Crippen LogP contribution in [0.2, 0.25) is 10.0 Å². The number of rotatable bonds is 7. The Bertz CT molecular complexity index is 902. The number of nitrogens with zero attached hydrogens (tertiary/aromatic N) is 2. The van der Waals surface area contributed by atoms with E-state index in [1.54, 1.807) is 43.0 Å². The average Bonchev–Trinajstić information content (AvgIpc) is 2.67. The van der Waals surface area contributed by atoms with Gasteiger partial charge < -0.3 is 5.73 Å². The maximum absolute atomic E-state index is 12.8. The van der Waals surface area contributed by atoms with Gasteiger partial charge >= 0.3 is 0 Å². The van der Waals surface area contributed by atoms with Crippen molar-refractivity contribution in [3.63, 3.8) is 0 Å². The van der Waals surface area contributed by atoms with Crippen molar-refractivity contribution in [3.8, 4) is 0 Å². The summed E-state index contributed by atoms with van der Waals surface area (Å²) in [6.45, 7) is 0.364. The smallest absolute Gasteiger partial charge is 0.242 e. The summed E-state index contributed by atoms with van der Waals surface area (Å²) in [5, 5.41) is 4.03. The third kappa shape index (κ3) is 4.27. The molecule has 0 saturated carbocycles. The Kier molecular flexibility index (Phi) is 6.06. The van der Waals surface area contributed by atoms with Gasteiger partial charge in [-0.05, 0) is 41.5 Å². The van der Waals surface area contributed by atoms with E-state index in [9.17, 15) is 4.79 Å². The van der Waals surface area contributed by atoms with Crippen molar-refractivity contribution in [2.24, 2.45) is 5.73 Å². The summed E-state index contributed by atoms with van der Waals surface area (Å²) < 4.78 is 0. The number of amides is 1. The molecule has 0 aliphatic carbocycles. The minimum Gasteiger partial charge on any atom is -0.368 e. The summed E-state index contributed by atoms with van der Waals surface area (Å²) >= 11 is 12.9. The highest BCUT2D eigenvalue weighted by Gasteiger charge is 2.41. The Morgan fingerprint density at radius 2 is 1.67 bits per heavy atom. The molecule has 2 heterocycles. The summed E-state index contributed by atoms with van der Waals surface area (Å²) in [6.07, 6.45) is 7.01. The largest absolute Gasteiger partial charge is 0.368 e. The highest BCUT2D eigenvalue weighted by Crippen LogP contribution is 2.37. The fourth-order valence-corrected chi connectivity index (χ4v) is 3.72. The van der Waals surface area contributed by atoms with Gasteiger partial charge in [0.1, 0.15) is 5.54 Å². The lowest BCUT2D eigenvalue weighted by molar-refractivity contribution is -0.125. The van der Waals surface area contributed by atoms with E-state index < -0.39 is 11.4 Å². The number of aromatic nitrogens is 2. The second kappa shape index (κ2) is 8.48. The summed E-state index contributed by atoms with van der Waals surface area (Å²) in [7, 11) is 0. The molecule has 27 heavy (non-hydrogen) atoms. The van der Waals surface area contributed by atoms with Crippen molar-refractivity contribution in [2.75, 3.05) is 0 Å². The van der Waals surface area contributed by atoms with Crippen LogP contribution in [0.4, 0.5) is 0 Å².